The Labute approximate surface area is 147 Å². The van der Waals surface area contributed by atoms with Gasteiger partial charge in [0.15, 0.2) is 0 Å². The summed E-state index contributed by atoms with van der Waals surface area (Å²) in [5, 5.41) is 3.81. The van der Waals surface area contributed by atoms with Crippen LogP contribution in [0.5, 0.6) is 0 Å². The zero-order valence-corrected chi connectivity index (χ0v) is 14.2. The monoisotopic (exact) mass is 335 g/mol. The molecule has 1 N–H and O–H groups in total. The Kier molecular flexibility index (Phi) is 5.69. The molecule has 0 atom stereocenters. The first-order valence-electron chi connectivity index (χ1n) is 8.45. The van der Waals surface area contributed by atoms with Gasteiger partial charge >= 0.3 is 0 Å². The lowest BCUT2D eigenvalue weighted by Gasteiger charge is -2.10. The molecule has 3 aromatic rings. The highest BCUT2D eigenvalue weighted by molar-refractivity contribution is 6.07. The topological polar surface area (TPSA) is 64.1 Å². The number of hydrogen-bond acceptors (Lipinski definition) is 4. The fourth-order valence-corrected chi connectivity index (χ4v) is 2.64. The molecule has 0 unspecified atom stereocenters. The number of para-hydroxylation sites is 1. The van der Waals surface area contributed by atoms with E-state index in [2.05, 4.69) is 15.3 Å². The zero-order chi connectivity index (χ0) is 17.5. The molecule has 3 rings (SSSR count). The minimum absolute atomic E-state index is 0.0970. The average molecular weight is 335 g/mol. The molecule has 2 aromatic heterocycles. The molecule has 0 fully saturated rings. The highest BCUT2D eigenvalue weighted by atomic mass is 16.5. The molecule has 0 aliphatic carbocycles. The maximum absolute atomic E-state index is 12.7. The molecule has 5 nitrogen and oxygen atoms in total. The number of carbonyl (C=O) groups is 1. The largest absolute Gasteiger partial charge is 0.382 e. The first kappa shape index (κ1) is 17.0. The van der Waals surface area contributed by atoms with Crippen LogP contribution in [0, 0.1) is 0 Å². The second-order valence-corrected chi connectivity index (χ2v) is 5.62. The summed E-state index contributed by atoms with van der Waals surface area (Å²) in [6.07, 6.45) is 4.26. The third-order valence-electron chi connectivity index (χ3n) is 3.87. The Morgan fingerprint density at radius 2 is 2.08 bits per heavy atom. The third-order valence-corrected chi connectivity index (χ3v) is 3.87. The summed E-state index contributed by atoms with van der Waals surface area (Å²) in [5.41, 5.74) is 3.05. The Bertz CT molecular complexity index is 850. The van der Waals surface area contributed by atoms with Crippen molar-refractivity contribution >= 4 is 16.8 Å². The number of pyridine rings is 2. The average Bonchev–Trinajstić information content (AvgIpc) is 2.67. The molecular formula is C20H21N3O2. The van der Waals surface area contributed by atoms with Crippen molar-refractivity contribution in [2.45, 2.75) is 13.3 Å². The predicted molar refractivity (Wildman–Crippen MR) is 98.4 cm³/mol. The Morgan fingerprint density at radius 1 is 1.20 bits per heavy atom. The first-order valence-corrected chi connectivity index (χ1v) is 8.45. The number of aromatic nitrogens is 2. The molecule has 0 saturated carbocycles. The van der Waals surface area contributed by atoms with Gasteiger partial charge in [-0.15, -0.1) is 0 Å². The van der Waals surface area contributed by atoms with Gasteiger partial charge in [-0.05, 0) is 37.6 Å². The molecule has 5 heteroatoms. The van der Waals surface area contributed by atoms with Crippen molar-refractivity contribution in [1.82, 2.24) is 15.3 Å². The van der Waals surface area contributed by atoms with E-state index in [-0.39, 0.29) is 5.91 Å². The highest BCUT2D eigenvalue weighted by Gasteiger charge is 2.13. The van der Waals surface area contributed by atoms with Crippen molar-refractivity contribution in [3.63, 3.8) is 0 Å². The molecule has 2 heterocycles. The number of ether oxygens (including phenoxy) is 1. The molecule has 128 valence electrons. The number of nitrogens with one attached hydrogen (secondary N) is 1. The number of amides is 1. The number of rotatable bonds is 7. The van der Waals surface area contributed by atoms with Crippen LogP contribution in [0.1, 0.15) is 23.7 Å². The molecule has 0 bridgehead atoms. The molecule has 0 aliphatic heterocycles. The van der Waals surface area contributed by atoms with E-state index in [1.54, 1.807) is 12.4 Å². The van der Waals surface area contributed by atoms with Gasteiger partial charge in [0, 0.05) is 43.1 Å². The predicted octanol–water partition coefficient (Wildman–Crippen LogP) is 3.45. The summed E-state index contributed by atoms with van der Waals surface area (Å²) < 4.78 is 5.30. The molecule has 0 aliphatic rings. The van der Waals surface area contributed by atoms with E-state index in [9.17, 15) is 4.79 Å². The van der Waals surface area contributed by atoms with Gasteiger partial charge < -0.3 is 10.1 Å². The molecule has 0 spiro atoms. The van der Waals surface area contributed by atoms with Crippen LogP contribution in [0.3, 0.4) is 0 Å². The highest BCUT2D eigenvalue weighted by Crippen LogP contribution is 2.24. The number of nitrogens with zero attached hydrogens (tertiary/aromatic N) is 2. The number of benzene rings is 1. The molecule has 1 aromatic carbocycles. The fourth-order valence-electron chi connectivity index (χ4n) is 2.64. The van der Waals surface area contributed by atoms with Crippen LogP contribution in [-0.4, -0.2) is 35.6 Å². The van der Waals surface area contributed by atoms with Gasteiger partial charge in [0.2, 0.25) is 0 Å². The van der Waals surface area contributed by atoms with Gasteiger partial charge in [-0.2, -0.15) is 0 Å². The van der Waals surface area contributed by atoms with Crippen molar-refractivity contribution in [1.29, 1.82) is 0 Å². The molecule has 25 heavy (non-hydrogen) atoms. The fraction of sp³-hybridized carbons (Fsp3) is 0.250. The lowest BCUT2D eigenvalue weighted by atomic mass is 10.0. The second kappa shape index (κ2) is 8.35. The van der Waals surface area contributed by atoms with Gasteiger partial charge in [-0.3, -0.25) is 9.78 Å². The summed E-state index contributed by atoms with van der Waals surface area (Å²) in [4.78, 5) is 21.5. The van der Waals surface area contributed by atoms with E-state index in [1.807, 2.05) is 49.4 Å². The smallest absolute Gasteiger partial charge is 0.252 e. The van der Waals surface area contributed by atoms with Gasteiger partial charge in [-0.25, -0.2) is 4.98 Å². The van der Waals surface area contributed by atoms with Crippen LogP contribution in [0.15, 0.2) is 54.9 Å². The van der Waals surface area contributed by atoms with E-state index < -0.39 is 0 Å². The van der Waals surface area contributed by atoms with E-state index >= 15 is 0 Å². The molecule has 0 saturated heterocycles. The lowest BCUT2D eigenvalue weighted by Crippen LogP contribution is -2.25. The molecular weight excluding hydrogens is 314 g/mol. The van der Waals surface area contributed by atoms with E-state index in [0.29, 0.717) is 25.3 Å². The van der Waals surface area contributed by atoms with Crippen LogP contribution in [0.25, 0.3) is 22.2 Å². The van der Waals surface area contributed by atoms with Gasteiger partial charge in [0.25, 0.3) is 5.91 Å². The Morgan fingerprint density at radius 3 is 2.88 bits per heavy atom. The summed E-state index contributed by atoms with van der Waals surface area (Å²) in [7, 11) is 0. The van der Waals surface area contributed by atoms with E-state index in [0.717, 1.165) is 28.6 Å². The second-order valence-electron chi connectivity index (χ2n) is 5.62. The summed E-state index contributed by atoms with van der Waals surface area (Å²) in [6.45, 7) is 3.88. The van der Waals surface area contributed by atoms with E-state index in [1.165, 1.54) is 0 Å². The van der Waals surface area contributed by atoms with Crippen LogP contribution < -0.4 is 5.32 Å². The summed E-state index contributed by atoms with van der Waals surface area (Å²) in [6, 6.07) is 13.3. The third kappa shape index (κ3) is 4.19. The van der Waals surface area contributed by atoms with Crippen molar-refractivity contribution in [3.8, 4) is 11.3 Å². The summed E-state index contributed by atoms with van der Waals surface area (Å²) >= 11 is 0. The number of carbonyl (C=O) groups excluding carboxylic acids is 1. The van der Waals surface area contributed by atoms with Crippen LogP contribution in [-0.2, 0) is 4.74 Å². The lowest BCUT2D eigenvalue weighted by molar-refractivity contribution is 0.0946. The van der Waals surface area contributed by atoms with Crippen LogP contribution >= 0.6 is 0 Å². The van der Waals surface area contributed by atoms with Crippen molar-refractivity contribution in [2.24, 2.45) is 0 Å². The minimum Gasteiger partial charge on any atom is -0.382 e. The normalized spacial score (nSPS) is 10.8. The number of hydrogen-bond donors (Lipinski definition) is 1. The van der Waals surface area contributed by atoms with Gasteiger partial charge in [0.05, 0.1) is 16.8 Å². The van der Waals surface area contributed by atoms with Crippen molar-refractivity contribution in [3.05, 3.63) is 60.4 Å². The standard InChI is InChI=1S/C20H21N3O2/c1-2-25-12-6-11-22-20(24)17-13-19(15-7-5-10-21-14-15)23-18-9-4-3-8-16(17)18/h3-5,7-10,13-14H,2,6,11-12H2,1H3,(H,22,24). The summed E-state index contributed by atoms with van der Waals surface area (Å²) in [5.74, 6) is -0.0970. The van der Waals surface area contributed by atoms with Crippen LogP contribution in [0.4, 0.5) is 0 Å². The van der Waals surface area contributed by atoms with E-state index in [4.69, 9.17) is 4.74 Å². The Balaban J connectivity index is 1.89. The zero-order valence-electron chi connectivity index (χ0n) is 14.2. The molecule has 0 radical (unpaired) electrons. The van der Waals surface area contributed by atoms with Gasteiger partial charge in [-0.1, -0.05) is 18.2 Å². The van der Waals surface area contributed by atoms with Crippen LogP contribution in [0.2, 0.25) is 0 Å². The first-order chi connectivity index (χ1) is 12.3. The maximum Gasteiger partial charge on any atom is 0.252 e. The quantitative estimate of drug-likeness (QED) is 0.672. The minimum atomic E-state index is -0.0970. The Hall–Kier alpha value is -2.79. The van der Waals surface area contributed by atoms with Gasteiger partial charge in [0.1, 0.15) is 0 Å². The molecule has 1 amide bonds. The number of fused-ring (bicyclic) bond motifs is 1. The van der Waals surface area contributed by atoms with Crippen molar-refractivity contribution < 1.29 is 9.53 Å². The van der Waals surface area contributed by atoms with Crippen molar-refractivity contribution in [2.75, 3.05) is 19.8 Å². The maximum atomic E-state index is 12.7. The SMILES string of the molecule is CCOCCCNC(=O)c1cc(-c2cccnc2)nc2ccccc12.